The molecule has 0 unspecified atom stereocenters. The van der Waals surface area contributed by atoms with E-state index < -0.39 is 5.25 Å². The molecular weight excluding hydrogens is 538 g/mol. The van der Waals surface area contributed by atoms with Crippen LogP contribution in [0.3, 0.4) is 0 Å². The Labute approximate surface area is 236 Å². The van der Waals surface area contributed by atoms with Crippen LogP contribution in [-0.4, -0.2) is 44.4 Å². The fraction of sp³-hybridized carbons (Fsp3) is 0.519. The van der Waals surface area contributed by atoms with E-state index in [4.69, 9.17) is 9.15 Å². The molecule has 0 bridgehead atoms. The van der Waals surface area contributed by atoms with Crippen molar-refractivity contribution < 1.29 is 23.5 Å². The van der Waals surface area contributed by atoms with Crippen molar-refractivity contribution in [3.63, 3.8) is 0 Å². The van der Waals surface area contributed by atoms with Gasteiger partial charge in [0.2, 0.25) is 5.91 Å². The van der Waals surface area contributed by atoms with Crippen molar-refractivity contribution in [2.75, 3.05) is 11.9 Å². The SMILES string of the molecule is CCCCn1c(CNC(=O)c2ccco2)nnc1S[C@H](C)C(=O)Nc1sc2c(c1C(=O)OCC)CCCCC2. The number of thioether (sulfide) groups is 1. The minimum Gasteiger partial charge on any atom is -0.462 e. The molecule has 3 heterocycles. The molecule has 12 heteroatoms. The van der Waals surface area contributed by atoms with E-state index in [-0.39, 0.29) is 36.7 Å². The normalized spacial score (nSPS) is 13.8. The monoisotopic (exact) mass is 573 g/mol. The molecule has 1 aliphatic rings. The molecule has 2 N–H and O–H groups in total. The molecule has 1 aliphatic carbocycles. The number of amides is 2. The lowest BCUT2D eigenvalue weighted by molar-refractivity contribution is -0.115. The lowest BCUT2D eigenvalue weighted by Gasteiger charge is -2.14. The van der Waals surface area contributed by atoms with Crippen molar-refractivity contribution in [2.45, 2.75) is 89.2 Å². The molecule has 2 amide bonds. The molecule has 210 valence electrons. The van der Waals surface area contributed by atoms with Crippen LogP contribution in [0.5, 0.6) is 0 Å². The Morgan fingerprint density at radius 3 is 2.77 bits per heavy atom. The first-order valence-electron chi connectivity index (χ1n) is 13.5. The van der Waals surface area contributed by atoms with Gasteiger partial charge in [-0.1, -0.05) is 31.5 Å². The zero-order valence-electron chi connectivity index (χ0n) is 22.6. The van der Waals surface area contributed by atoms with Gasteiger partial charge in [0, 0.05) is 11.4 Å². The average Bonchev–Trinajstić information content (AvgIpc) is 3.63. The highest BCUT2D eigenvalue weighted by molar-refractivity contribution is 8.00. The van der Waals surface area contributed by atoms with E-state index >= 15 is 0 Å². The number of carbonyl (C=O) groups is 3. The van der Waals surface area contributed by atoms with Crippen LogP contribution in [-0.2, 0) is 35.5 Å². The Morgan fingerprint density at radius 2 is 2.03 bits per heavy atom. The van der Waals surface area contributed by atoms with Crippen molar-refractivity contribution in [1.82, 2.24) is 20.1 Å². The predicted molar refractivity (Wildman–Crippen MR) is 150 cm³/mol. The summed E-state index contributed by atoms with van der Waals surface area (Å²) in [6.45, 7) is 6.80. The van der Waals surface area contributed by atoms with E-state index in [1.807, 2.05) is 4.57 Å². The van der Waals surface area contributed by atoms with Crippen LogP contribution in [0.2, 0.25) is 0 Å². The number of carbonyl (C=O) groups excluding carboxylic acids is 3. The third-order valence-electron chi connectivity index (χ3n) is 6.47. The molecule has 0 fully saturated rings. The smallest absolute Gasteiger partial charge is 0.341 e. The van der Waals surface area contributed by atoms with E-state index in [2.05, 4.69) is 27.8 Å². The number of thiophene rings is 1. The number of aryl methyl sites for hydroxylation is 1. The number of anilines is 1. The lowest BCUT2D eigenvalue weighted by atomic mass is 10.1. The first kappa shape index (κ1) is 28.9. The second-order valence-electron chi connectivity index (χ2n) is 9.30. The zero-order chi connectivity index (χ0) is 27.8. The van der Waals surface area contributed by atoms with Crippen molar-refractivity contribution in [3.8, 4) is 0 Å². The number of fused-ring (bicyclic) bond motifs is 1. The predicted octanol–water partition coefficient (Wildman–Crippen LogP) is 5.23. The first-order valence-corrected chi connectivity index (χ1v) is 15.1. The van der Waals surface area contributed by atoms with Crippen molar-refractivity contribution in [3.05, 3.63) is 46.0 Å². The molecular formula is C27H35N5O5S2. The molecule has 0 aromatic carbocycles. The van der Waals surface area contributed by atoms with E-state index in [1.54, 1.807) is 26.0 Å². The van der Waals surface area contributed by atoms with Gasteiger partial charge in [-0.05, 0) is 63.6 Å². The maximum atomic E-state index is 13.3. The zero-order valence-corrected chi connectivity index (χ0v) is 24.2. The summed E-state index contributed by atoms with van der Waals surface area (Å²) in [7, 11) is 0. The summed E-state index contributed by atoms with van der Waals surface area (Å²) in [5, 5.41) is 15.1. The quantitative estimate of drug-likeness (QED) is 0.171. The number of nitrogens with one attached hydrogen (secondary N) is 2. The number of hydrogen-bond donors (Lipinski definition) is 2. The molecule has 4 rings (SSSR count). The second kappa shape index (κ2) is 13.8. The number of rotatable bonds is 12. The minimum atomic E-state index is -0.503. The summed E-state index contributed by atoms with van der Waals surface area (Å²) in [4.78, 5) is 39.6. The molecule has 0 radical (unpaired) electrons. The largest absolute Gasteiger partial charge is 0.462 e. The maximum absolute atomic E-state index is 13.3. The minimum absolute atomic E-state index is 0.182. The number of nitrogens with zero attached hydrogens (tertiary/aromatic N) is 3. The molecule has 0 saturated carbocycles. The summed E-state index contributed by atoms with van der Waals surface area (Å²) in [5.41, 5.74) is 1.53. The van der Waals surface area contributed by atoms with E-state index in [9.17, 15) is 14.4 Å². The third-order valence-corrected chi connectivity index (χ3v) is 8.76. The molecule has 3 aromatic rings. The van der Waals surface area contributed by atoms with Gasteiger partial charge in [-0.3, -0.25) is 9.59 Å². The topological polar surface area (TPSA) is 128 Å². The summed E-state index contributed by atoms with van der Waals surface area (Å²) in [5.74, 6) is -0.112. The van der Waals surface area contributed by atoms with Gasteiger partial charge in [0.25, 0.3) is 5.91 Å². The number of ether oxygens (including phenoxy) is 1. The van der Waals surface area contributed by atoms with Crippen molar-refractivity contribution in [1.29, 1.82) is 0 Å². The Balaban J connectivity index is 1.47. The highest BCUT2D eigenvalue weighted by Gasteiger charge is 2.28. The summed E-state index contributed by atoms with van der Waals surface area (Å²) in [6.07, 6.45) is 8.27. The maximum Gasteiger partial charge on any atom is 0.341 e. The number of esters is 1. The van der Waals surface area contributed by atoms with Crippen LogP contribution < -0.4 is 10.6 Å². The molecule has 1 atom stereocenters. The third kappa shape index (κ3) is 7.10. The van der Waals surface area contributed by atoms with Gasteiger partial charge in [-0.15, -0.1) is 21.5 Å². The number of furan rings is 1. The highest BCUT2D eigenvalue weighted by Crippen LogP contribution is 2.38. The summed E-state index contributed by atoms with van der Waals surface area (Å²) in [6, 6.07) is 3.25. The number of aromatic nitrogens is 3. The van der Waals surface area contributed by atoms with Crippen LogP contribution in [0.4, 0.5) is 5.00 Å². The Kier molecular flexibility index (Phi) is 10.2. The fourth-order valence-corrected chi connectivity index (χ4v) is 6.58. The van der Waals surface area contributed by atoms with Gasteiger partial charge < -0.3 is 24.4 Å². The van der Waals surface area contributed by atoms with Gasteiger partial charge in [0.1, 0.15) is 5.00 Å². The van der Waals surface area contributed by atoms with Crippen LogP contribution >= 0.6 is 23.1 Å². The second-order valence-corrected chi connectivity index (χ2v) is 11.7. The average molecular weight is 574 g/mol. The van der Waals surface area contributed by atoms with Crippen molar-refractivity contribution >= 4 is 45.9 Å². The van der Waals surface area contributed by atoms with Crippen LogP contribution in [0, 0.1) is 0 Å². The Morgan fingerprint density at radius 1 is 1.21 bits per heavy atom. The summed E-state index contributed by atoms with van der Waals surface area (Å²) >= 11 is 2.78. The fourth-order valence-electron chi connectivity index (χ4n) is 4.41. The first-order chi connectivity index (χ1) is 18.9. The van der Waals surface area contributed by atoms with Crippen molar-refractivity contribution in [2.24, 2.45) is 0 Å². The van der Waals surface area contributed by atoms with Crippen LogP contribution in [0.15, 0.2) is 28.0 Å². The molecule has 3 aromatic heterocycles. The van der Waals surface area contributed by atoms with Crippen LogP contribution in [0.25, 0.3) is 0 Å². The molecule has 10 nitrogen and oxygen atoms in total. The van der Waals surface area contributed by atoms with Gasteiger partial charge in [-0.25, -0.2) is 4.79 Å². The van der Waals surface area contributed by atoms with Crippen LogP contribution in [0.1, 0.15) is 90.1 Å². The van der Waals surface area contributed by atoms with Gasteiger partial charge in [0.05, 0.1) is 30.2 Å². The standard InChI is InChI=1S/C27H35N5O5S2/c1-4-6-14-32-21(16-28-24(34)19-12-10-15-37-19)30-31-27(32)38-17(3)23(33)29-25-22(26(35)36-5-2)18-11-8-7-9-13-20(18)39-25/h10,12,15,17H,4-9,11,13-14,16H2,1-3H3,(H,28,34)(H,29,33)/t17-/m1/s1. The van der Waals surface area contributed by atoms with E-state index in [0.717, 1.165) is 55.4 Å². The molecule has 0 saturated heterocycles. The number of hydrogen-bond acceptors (Lipinski definition) is 9. The van der Waals surface area contributed by atoms with Gasteiger partial charge in [0.15, 0.2) is 16.7 Å². The number of unbranched alkanes of at least 4 members (excludes halogenated alkanes) is 1. The van der Waals surface area contributed by atoms with E-state index in [1.165, 1.54) is 29.4 Å². The lowest BCUT2D eigenvalue weighted by Crippen LogP contribution is -2.25. The summed E-state index contributed by atoms with van der Waals surface area (Å²) < 4.78 is 12.4. The molecule has 0 aliphatic heterocycles. The Hall–Kier alpha value is -3.12. The highest BCUT2D eigenvalue weighted by atomic mass is 32.2. The Bertz CT molecular complexity index is 1280. The molecule has 0 spiro atoms. The van der Waals surface area contributed by atoms with Gasteiger partial charge >= 0.3 is 5.97 Å². The molecule has 39 heavy (non-hydrogen) atoms. The van der Waals surface area contributed by atoms with E-state index in [0.29, 0.717) is 28.1 Å². The van der Waals surface area contributed by atoms with Gasteiger partial charge in [-0.2, -0.15) is 0 Å².